The number of carbonyl (C=O) groups excluding carboxylic acids is 1. The van der Waals surface area contributed by atoms with Crippen molar-refractivity contribution < 1.29 is 14.3 Å². The van der Waals surface area contributed by atoms with Crippen molar-refractivity contribution >= 4 is 18.3 Å². The van der Waals surface area contributed by atoms with Gasteiger partial charge in [-0.1, -0.05) is 0 Å². The molecule has 0 saturated heterocycles. The van der Waals surface area contributed by atoms with Gasteiger partial charge in [0.15, 0.2) is 11.5 Å². The van der Waals surface area contributed by atoms with Crippen LogP contribution in [0.1, 0.15) is 30.6 Å². The molecule has 0 aliphatic heterocycles. The predicted octanol–water partition coefficient (Wildman–Crippen LogP) is 1.98. The summed E-state index contributed by atoms with van der Waals surface area (Å²) in [5.41, 5.74) is 6.17. The van der Waals surface area contributed by atoms with Gasteiger partial charge < -0.3 is 20.5 Å². The first-order chi connectivity index (χ1) is 9.08. The second-order valence-corrected chi connectivity index (χ2v) is 4.32. The third kappa shape index (κ3) is 5.67. The summed E-state index contributed by atoms with van der Waals surface area (Å²) in [6.45, 7) is 4.92. The molecule has 1 rings (SSSR count). The number of benzene rings is 1. The molecule has 5 nitrogen and oxygen atoms in total. The van der Waals surface area contributed by atoms with Gasteiger partial charge in [-0.3, -0.25) is 4.79 Å². The average molecular weight is 303 g/mol. The van der Waals surface area contributed by atoms with Crippen molar-refractivity contribution in [3.8, 4) is 11.5 Å². The van der Waals surface area contributed by atoms with E-state index >= 15 is 0 Å². The van der Waals surface area contributed by atoms with E-state index in [2.05, 4.69) is 5.32 Å². The van der Waals surface area contributed by atoms with Crippen molar-refractivity contribution in [3.63, 3.8) is 0 Å². The number of rotatable bonds is 7. The first kappa shape index (κ1) is 18.5. The van der Waals surface area contributed by atoms with Crippen LogP contribution in [0.2, 0.25) is 0 Å². The van der Waals surface area contributed by atoms with Gasteiger partial charge in [-0.15, -0.1) is 12.4 Å². The maximum Gasteiger partial charge on any atom is 0.251 e. The van der Waals surface area contributed by atoms with Gasteiger partial charge in [0.2, 0.25) is 0 Å². The molecule has 0 aromatic heterocycles. The highest BCUT2D eigenvalue weighted by Gasteiger charge is 2.10. The van der Waals surface area contributed by atoms with E-state index in [9.17, 15) is 4.79 Å². The quantitative estimate of drug-likeness (QED) is 0.808. The summed E-state index contributed by atoms with van der Waals surface area (Å²) in [7, 11) is 1.55. The zero-order valence-corrected chi connectivity index (χ0v) is 13.0. The van der Waals surface area contributed by atoms with Crippen molar-refractivity contribution in [1.82, 2.24) is 5.32 Å². The molecule has 1 amide bonds. The van der Waals surface area contributed by atoms with Crippen molar-refractivity contribution in [2.24, 2.45) is 5.73 Å². The topological polar surface area (TPSA) is 73.6 Å². The van der Waals surface area contributed by atoms with Crippen LogP contribution in [-0.2, 0) is 0 Å². The van der Waals surface area contributed by atoms with Gasteiger partial charge in [-0.2, -0.15) is 0 Å². The summed E-state index contributed by atoms with van der Waals surface area (Å²) < 4.78 is 10.6. The number of carbonyl (C=O) groups is 1. The summed E-state index contributed by atoms with van der Waals surface area (Å²) in [6.07, 6.45) is 0.750. The SMILES string of the molecule is CCOc1ccc(C(=O)NCCC(C)N)cc1OC.Cl. The molecule has 1 unspecified atom stereocenters. The van der Waals surface area contributed by atoms with Gasteiger partial charge in [-0.05, 0) is 38.5 Å². The van der Waals surface area contributed by atoms with E-state index in [1.54, 1.807) is 25.3 Å². The fraction of sp³-hybridized carbons (Fsp3) is 0.500. The van der Waals surface area contributed by atoms with Crippen LogP contribution in [0.4, 0.5) is 0 Å². The largest absolute Gasteiger partial charge is 0.493 e. The lowest BCUT2D eigenvalue weighted by molar-refractivity contribution is 0.0952. The number of hydrogen-bond donors (Lipinski definition) is 2. The van der Waals surface area contributed by atoms with E-state index < -0.39 is 0 Å². The van der Waals surface area contributed by atoms with E-state index in [-0.39, 0.29) is 24.4 Å². The summed E-state index contributed by atoms with van der Waals surface area (Å²) in [5.74, 6) is 1.06. The molecular weight excluding hydrogens is 280 g/mol. The van der Waals surface area contributed by atoms with E-state index in [1.807, 2.05) is 13.8 Å². The number of ether oxygens (including phenoxy) is 2. The van der Waals surface area contributed by atoms with Crippen LogP contribution in [0, 0.1) is 0 Å². The van der Waals surface area contributed by atoms with Gasteiger partial charge in [0.05, 0.1) is 13.7 Å². The van der Waals surface area contributed by atoms with E-state index in [0.29, 0.717) is 30.2 Å². The van der Waals surface area contributed by atoms with Gasteiger partial charge in [-0.25, -0.2) is 0 Å². The van der Waals surface area contributed by atoms with Crippen molar-refractivity contribution in [2.75, 3.05) is 20.3 Å². The Hall–Kier alpha value is -1.46. The lowest BCUT2D eigenvalue weighted by Gasteiger charge is -2.11. The molecule has 114 valence electrons. The maximum absolute atomic E-state index is 11.9. The molecule has 0 bridgehead atoms. The van der Waals surface area contributed by atoms with Crippen LogP contribution in [0.25, 0.3) is 0 Å². The molecule has 0 spiro atoms. The van der Waals surface area contributed by atoms with E-state index in [1.165, 1.54) is 0 Å². The molecule has 1 atom stereocenters. The minimum atomic E-state index is -0.137. The minimum Gasteiger partial charge on any atom is -0.493 e. The van der Waals surface area contributed by atoms with Crippen molar-refractivity contribution in [3.05, 3.63) is 23.8 Å². The Kier molecular flexibility index (Phi) is 8.76. The van der Waals surface area contributed by atoms with Crippen LogP contribution in [0.15, 0.2) is 18.2 Å². The van der Waals surface area contributed by atoms with Crippen LogP contribution < -0.4 is 20.5 Å². The van der Waals surface area contributed by atoms with Crippen LogP contribution in [-0.4, -0.2) is 32.2 Å². The molecule has 1 aromatic carbocycles. The number of nitrogens with one attached hydrogen (secondary N) is 1. The zero-order valence-electron chi connectivity index (χ0n) is 12.1. The summed E-state index contributed by atoms with van der Waals surface area (Å²) >= 11 is 0. The van der Waals surface area contributed by atoms with E-state index in [0.717, 1.165) is 6.42 Å². The van der Waals surface area contributed by atoms with Gasteiger partial charge in [0.25, 0.3) is 5.91 Å². The van der Waals surface area contributed by atoms with Gasteiger partial charge in [0.1, 0.15) is 0 Å². The molecule has 0 aliphatic rings. The Morgan fingerprint density at radius 3 is 2.65 bits per heavy atom. The molecule has 0 heterocycles. The highest BCUT2D eigenvalue weighted by molar-refractivity contribution is 5.94. The first-order valence-corrected chi connectivity index (χ1v) is 6.43. The lowest BCUT2D eigenvalue weighted by Crippen LogP contribution is -2.28. The Balaban J connectivity index is 0.00000361. The van der Waals surface area contributed by atoms with E-state index in [4.69, 9.17) is 15.2 Å². The number of nitrogens with two attached hydrogens (primary N) is 1. The Labute approximate surface area is 126 Å². The van der Waals surface area contributed by atoms with Crippen LogP contribution >= 0.6 is 12.4 Å². The highest BCUT2D eigenvalue weighted by Crippen LogP contribution is 2.27. The second kappa shape index (κ2) is 9.44. The molecule has 3 N–H and O–H groups in total. The monoisotopic (exact) mass is 302 g/mol. The number of hydrogen-bond acceptors (Lipinski definition) is 4. The minimum absolute atomic E-state index is 0. The molecule has 0 fully saturated rings. The van der Waals surface area contributed by atoms with Gasteiger partial charge in [0, 0.05) is 18.2 Å². The first-order valence-electron chi connectivity index (χ1n) is 6.43. The molecular formula is C14H23ClN2O3. The second-order valence-electron chi connectivity index (χ2n) is 4.32. The zero-order chi connectivity index (χ0) is 14.3. The van der Waals surface area contributed by atoms with Crippen molar-refractivity contribution in [2.45, 2.75) is 26.3 Å². The third-order valence-corrected chi connectivity index (χ3v) is 2.61. The highest BCUT2D eigenvalue weighted by atomic mass is 35.5. The number of halogens is 1. The normalized spacial score (nSPS) is 11.2. The lowest BCUT2D eigenvalue weighted by atomic mass is 10.2. The molecule has 20 heavy (non-hydrogen) atoms. The maximum atomic E-state index is 11.9. The number of methoxy groups -OCH3 is 1. The fourth-order valence-corrected chi connectivity index (χ4v) is 1.60. The average Bonchev–Trinajstić information content (AvgIpc) is 2.39. The Morgan fingerprint density at radius 2 is 2.10 bits per heavy atom. The molecule has 6 heteroatoms. The Bertz CT molecular complexity index is 425. The summed E-state index contributed by atoms with van der Waals surface area (Å²) in [4.78, 5) is 11.9. The van der Waals surface area contributed by atoms with Crippen molar-refractivity contribution in [1.29, 1.82) is 0 Å². The third-order valence-electron chi connectivity index (χ3n) is 2.61. The van der Waals surface area contributed by atoms with Crippen LogP contribution in [0.5, 0.6) is 11.5 Å². The smallest absolute Gasteiger partial charge is 0.251 e. The summed E-state index contributed by atoms with van der Waals surface area (Å²) in [5, 5.41) is 2.82. The predicted molar refractivity (Wildman–Crippen MR) is 82.0 cm³/mol. The molecule has 0 aliphatic carbocycles. The molecule has 0 saturated carbocycles. The standard InChI is InChI=1S/C14H22N2O3.ClH/c1-4-19-12-6-5-11(9-13(12)18-3)14(17)16-8-7-10(2)15;/h5-6,9-10H,4,7-8,15H2,1-3H3,(H,16,17);1H. The molecule has 0 radical (unpaired) electrons. The molecule has 1 aromatic rings. The van der Waals surface area contributed by atoms with Crippen LogP contribution in [0.3, 0.4) is 0 Å². The fourth-order valence-electron chi connectivity index (χ4n) is 1.60. The number of amides is 1. The Morgan fingerprint density at radius 1 is 1.40 bits per heavy atom. The summed E-state index contributed by atoms with van der Waals surface area (Å²) in [6, 6.07) is 5.21. The van der Waals surface area contributed by atoms with Gasteiger partial charge >= 0.3 is 0 Å².